The molecule has 116 valence electrons. The predicted molar refractivity (Wildman–Crippen MR) is 96.7 cm³/mol. The molecule has 0 aliphatic rings. The highest BCUT2D eigenvalue weighted by Gasteiger charge is 2.03. The van der Waals surface area contributed by atoms with Crippen molar-refractivity contribution in [2.24, 2.45) is 0 Å². The number of hydrogen-bond donors (Lipinski definition) is 0. The Morgan fingerprint density at radius 3 is 1.79 bits per heavy atom. The molecule has 0 spiro atoms. The number of hydrogen-bond acceptors (Lipinski definition) is 2. The molecule has 1 unspecified atom stereocenters. The summed E-state index contributed by atoms with van der Waals surface area (Å²) in [5, 5.41) is 1.66. The van der Waals surface area contributed by atoms with Crippen molar-refractivity contribution < 1.29 is 0 Å². The van der Waals surface area contributed by atoms with Crippen LogP contribution in [-0.4, -0.2) is 22.0 Å². The zero-order valence-electron chi connectivity index (χ0n) is 13.7. The molecule has 0 rings (SSSR count). The van der Waals surface area contributed by atoms with Gasteiger partial charge < -0.3 is 0 Å². The van der Waals surface area contributed by atoms with Crippen LogP contribution in [0, 0.1) is 0 Å². The monoisotopic (exact) mass is 304 g/mol. The third-order valence-electron chi connectivity index (χ3n) is 3.40. The molecule has 0 bridgehead atoms. The molecule has 19 heavy (non-hydrogen) atoms. The first-order valence-corrected chi connectivity index (χ1v) is 10.5. The number of unbranched alkanes of at least 4 members (excludes halogenated alkanes) is 7. The smallest absolute Gasteiger partial charge is 0.00263 e. The third-order valence-corrected chi connectivity index (χ3v) is 6.01. The molecule has 1 atom stereocenters. The summed E-state index contributed by atoms with van der Waals surface area (Å²) in [5.74, 6) is 2.66. The van der Waals surface area contributed by atoms with Gasteiger partial charge in [0, 0.05) is 16.8 Å². The Morgan fingerprint density at radius 1 is 0.684 bits per heavy atom. The minimum absolute atomic E-state index is 0.795. The minimum atomic E-state index is 0.795. The normalized spacial score (nSPS) is 13.1. The Bertz CT molecular complexity index is 169. The molecule has 0 radical (unpaired) electrons. The minimum Gasteiger partial charge on any atom is -0.158 e. The zero-order chi connectivity index (χ0) is 14.3. The van der Waals surface area contributed by atoms with E-state index < -0.39 is 0 Å². The van der Waals surface area contributed by atoms with Gasteiger partial charge in [-0.2, -0.15) is 23.5 Å². The second-order valence-electron chi connectivity index (χ2n) is 5.86. The summed E-state index contributed by atoms with van der Waals surface area (Å²) in [6.07, 6.45) is 13.0. The zero-order valence-corrected chi connectivity index (χ0v) is 15.4. The van der Waals surface area contributed by atoms with Gasteiger partial charge in [0.25, 0.3) is 0 Å². The Morgan fingerprint density at radius 2 is 1.21 bits per heavy atom. The van der Waals surface area contributed by atoms with Crippen LogP contribution in [0.5, 0.6) is 0 Å². The van der Waals surface area contributed by atoms with Gasteiger partial charge in [-0.1, -0.05) is 79.1 Å². The van der Waals surface area contributed by atoms with Crippen molar-refractivity contribution in [3.05, 3.63) is 0 Å². The highest BCUT2D eigenvalue weighted by Crippen LogP contribution is 2.20. The molecule has 0 aliphatic carbocycles. The van der Waals surface area contributed by atoms with Gasteiger partial charge >= 0.3 is 0 Å². The van der Waals surface area contributed by atoms with Crippen molar-refractivity contribution in [1.29, 1.82) is 0 Å². The van der Waals surface area contributed by atoms with E-state index in [1.165, 1.54) is 69.3 Å². The molecule has 2 heteroatoms. The molecule has 0 saturated heterocycles. The van der Waals surface area contributed by atoms with Crippen LogP contribution in [0.2, 0.25) is 0 Å². The van der Waals surface area contributed by atoms with Gasteiger partial charge in [0.1, 0.15) is 0 Å². The van der Waals surface area contributed by atoms with Crippen LogP contribution in [0.1, 0.15) is 85.5 Å². The molecule has 0 nitrogen and oxygen atoms in total. The van der Waals surface area contributed by atoms with E-state index in [2.05, 4.69) is 51.2 Å². The molecule has 0 aromatic heterocycles. The van der Waals surface area contributed by atoms with E-state index in [9.17, 15) is 0 Å². The van der Waals surface area contributed by atoms with Crippen LogP contribution in [0.3, 0.4) is 0 Å². The second kappa shape index (κ2) is 15.1. The van der Waals surface area contributed by atoms with Crippen LogP contribution >= 0.6 is 23.5 Å². The summed E-state index contributed by atoms with van der Waals surface area (Å²) < 4.78 is 0. The lowest BCUT2D eigenvalue weighted by atomic mass is 10.1. The fourth-order valence-electron chi connectivity index (χ4n) is 2.18. The SMILES string of the molecule is CCCCCCCCCCC(C)SCCSC(C)C. The maximum atomic E-state index is 2.41. The van der Waals surface area contributed by atoms with Crippen LogP contribution in [0.25, 0.3) is 0 Å². The second-order valence-corrected chi connectivity index (χ2v) is 9.10. The van der Waals surface area contributed by atoms with Crippen LogP contribution in [0.15, 0.2) is 0 Å². The summed E-state index contributed by atoms with van der Waals surface area (Å²) in [7, 11) is 0. The van der Waals surface area contributed by atoms with E-state index in [1.807, 2.05) is 0 Å². The van der Waals surface area contributed by atoms with Crippen LogP contribution < -0.4 is 0 Å². The van der Waals surface area contributed by atoms with E-state index in [4.69, 9.17) is 0 Å². The van der Waals surface area contributed by atoms with Gasteiger partial charge in [0.05, 0.1) is 0 Å². The van der Waals surface area contributed by atoms with E-state index in [0.717, 1.165) is 10.5 Å². The summed E-state index contributed by atoms with van der Waals surface area (Å²) in [6.45, 7) is 9.28. The largest absolute Gasteiger partial charge is 0.158 e. The Labute approximate surface area is 131 Å². The average Bonchev–Trinajstić information content (AvgIpc) is 2.37. The van der Waals surface area contributed by atoms with Crippen molar-refractivity contribution in [1.82, 2.24) is 0 Å². The Kier molecular flexibility index (Phi) is 15.7. The third kappa shape index (κ3) is 16.6. The molecule has 0 heterocycles. The molecule has 0 saturated carbocycles. The van der Waals surface area contributed by atoms with Crippen molar-refractivity contribution in [3.63, 3.8) is 0 Å². The summed E-state index contributed by atoms with van der Waals surface area (Å²) >= 11 is 4.27. The lowest BCUT2D eigenvalue weighted by molar-refractivity contribution is 0.564. The molecule has 0 amide bonds. The van der Waals surface area contributed by atoms with Crippen LogP contribution in [-0.2, 0) is 0 Å². The fourth-order valence-corrected chi connectivity index (χ4v) is 4.16. The molecule has 0 aromatic carbocycles. The van der Waals surface area contributed by atoms with Crippen molar-refractivity contribution in [3.8, 4) is 0 Å². The summed E-state index contributed by atoms with van der Waals surface area (Å²) in [4.78, 5) is 0. The Hall–Kier alpha value is 0.700. The first kappa shape index (κ1) is 19.7. The average molecular weight is 305 g/mol. The van der Waals surface area contributed by atoms with Crippen molar-refractivity contribution in [2.75, 3.05) is 11.5 Å². The van der Waals surface area contributed by atoms with Crippen molar-refractivity contribution >= 4 is 23.5 Å². The van der Waals surface area contributed by atoms with Gasteiger partial charge in [-0.25, -0.2) is 0 Å². The van der Waals surface area contributed by atoms with Gasteiger partial charge in [0.2, 0.25) is 0 Å². The predicted octanol–water partition coefficient (Wildman–Crippen LogP) is 6.78. The van der Waals surface area contributed by atoms with E-state index in [1.54, 1.807) is 0 Å². The molecule has 0 N–H and O–H groups in total. The van der Waals surface area contributed by atoms with Gasteiger partial charge in [-0.05, 0) is 11.7 Å². The lowest BCUT2D eigenvalue weighted by Crippen LogP contribution is -2.00. The molecule has 0 aliphatic heterocycles. The maximum Gasteiger partial charge on any atom is 0.00263 e. The van der Waals surface area contributed by atoms with E-state index in [0.29, 0.717) is 0 Å². The quantitative estimate of drug-likeness (QED) is 0.324. The first-order valence-electron chi connectivity index (χ1n) is 8.40. The molecular formula is C17H36S2. The number of rotatable bonds is 14. The summed E-state index contributed by atoms with van der Waals surface area (Å²) in [6, 6.07) is 0. The van der Waals surface area contributed by atoms with E-state index in [-0.39, 0.29) is 0 Å². The highest BCUT2D eigenvalue weighted by atomic mass is 32.2. The van der Waals surface area contributed by atoms with Crippen LogP contribution in [0.4, 0.5) is 0 Å². The molecule has 0 fully saturated rings. The fraction of sp³-hybridized carbons (Fsp3) is 1.00. The topological polar surface area (TPSA) is 0 Å². The Balaban J connectivity index is 3.13. The first-order chi connectivity index (χ1) is 9.16. The van der Waals surface area contributed by atoms with Gasteiger partial charge in [0.15, 0.2) is 0 Å². The highest BCUT2D eigenvalue weighted by molar-refractivity contribution is 8.03. The molecule has 0 aromatic rings. The lowest BCUT2D eigenvalue weighted by Gasteiger charge is -2.11. The maximum absolute atomic E-state index is 2.41. The van der Waals surface area contributed by atoms with E-state index >= 15 is 0 Å². The standard InChI is InChI=1S/C17H36S2/c1-5-6-7-8-9-10-11-12-13-17(4)19-15-14-18-16(2)3/h16-17H,5-15H2,1-4H3. The summed E-state index contributed by atoms with van der Waals surface area (Å²) in [5.41, 5.74) is 0. The number of thioether (sulfide) groups is 2. The molecular weight excluding hydrogens is 268 g/mol. The van der Waals surface area contributed by atoms with Gasteiger partial charge in [-0.15, -0.1) is 0 Å². The van der Waals surface area contributed by atoms with Gasteiger partial charge in [-0.3, -0.25) is 0 Å². The van der Waals surface area contributed by atoms with Crippen molar-refractivity contribution in [2.45, 2.75) is 96.0 Å².